The molecule has 1 aromatic carbocycles. The number of hydrogen-bond donors (Lipinski definition) is 1. The van der Waals surface area contributed by atoms with Gasteiger partial charge in [-0.2, -0.15) is 0 Å². The minimum atomic E-state index is 0.208. The molecule has 1 aromatic rings. The first kappa shape index (κ1) is 15.1. The summed E-state index contributed by atoms with van der Waals surface area (Å²) in [7, 11) is 0. The van der Waals surface area contributed by atoms with Gasteiger partial charge in [0.1, 0.15) is 0 Å². The number of nitrogens with two attached hydrogens (primary N) is 1. The maximum Gasteiger partial charge on any atom is 0.0378 e. The standard InChI is InChI=1S/C19H30N2/c1-2-18-10-4-3-7-13-21(18)19(15-20)12-11-16-8-5-6-9-17(16)14-19/h5-6,8-9,18H,2-4,7,10-15,20H2,1H3. The van der Waals surface area contributed by atoms with Gasteiger partial charge < -0.3 is 5.73 Å². The van der Waals surface area contributed by atoms with Crippen molar-refractivity contribution in [3.05, 3.63) is 35.4 Å². The molecule has 116 valence electrons. The fourth-order valence-electron chi connectivity index (χ4n) is 4.55. The molecule has 1 saturated heterocycles. The molecule has 1 aliphatic heterocycles. The van der Waals surface area contributed by atoms with E-state index in [1.165, 1.54) is 57.1 Å². The molecule has 0 spiro atoms. The van der Waals surface area contributed by atoms with Crippen LogP contribution < -0.4 is 5.73 Å². The second-order valence-corrected chi connectivity index (χ2v) is 6.98. The minimum absolute atomic E-state index is 0.208. The number of rotatable bonds is 3. The average molecular weight is 286 g/mol. The molecule has 0 amide bonds. The molecular weight excluding hydrogens is 256 g/mol. The van der Waals surface area contributed by atoms with Gasteiger partial charge in [-0.25, -0.2) is 0 Å². The van der Waals surface area contributed by atoms with E-state index in [1.54, 1.807) is 5.56 Å². The van der Waals surface area contributed by atoms with Gasteiger partial charge in [0.2, 0.25) is 0 Å². The first-order valence-corrected chi connectivity index (χ1v) is 8.83. The summed E-state index contributed by atoms with van der Waals surface area (Å²) >= 11 is 0. The highest BCUT2D eigenvalue weighted by molar-refractivity contribution is 5.32. The molecule has 1 aliphatic carbocycles. The van der Waals surface area contributed by atoms with E-state index in [1.807, 2.05) is 0 Å². The van der Waals surface area contributed by atoms with Gasteiger partial charge >= 0.3 is 0 Å². The number of likely N-dealkylation sites (tertiary alicyclic amines) is 1. The van der Waals surface area contributed by atoms with E-state index in [4.69, 9.17) is 5.73 Å². The summed E-state index contributed by atoms with van der Waals surface area (Å²) in [4.78, 5) is 2.82. The Hall–Kier alpha value is -0.860. The van der Waals surface area contributed by atoms with Gasteiger partial charge in [-0.1, -0.05) is 44.0 Å². The van der Waals surface area contributed by atoms with Gasteiger partial charge in [-0.05, 0) is 56.2 Å². The molecule has 1 fully saturated rings. The molecule has 21 heavy (non-hydrogen) atoms. The van der Waals surface area contributed by atoms with Crippen LogP contribution >= 0.6 is 0 Å². The Morgan fingerprint density at radius 3 is 2.76 bits per heavy atom. The van der Waals surface area contributed by atoms with Crippen molar-refractivity contribution >= 4 is 0 Å². The number of hydrogen-bond acceptors (Lipinski definition) is 2. The van der Waals surface area contributed by atoms with Crippen LogP contribution in [0.15, 0.2) is 24.3 Å². The Kier molecular flexibility index (Phi) is 4.66. The number of aryl methyl sites for hydroxylation is 1. The van der Waals surface area contributed by atoms with Crippen molar-refractivity contribution in [1.29, 1.82) is 0 Å². The van der Waals surface area contributed by atoms with E-state index in [-0.39, 0.29) is 5.54 Å². The summed E-state index contributed by atoms with van der Waals surface area (Å²) in [6, 6.07) is 9.72. The number of fused-ring (bicyclic) bond motifs is 1. The Bertz CT molecular complexity index is 470. The van der Waals surface area contributed by atoms with Crippen molar-refractivity contribution in [3.8, 4) is 0 Å². The average Bonchev–Trinajstić information content (AvgIpc) is 2.80. The van der Waals surface area contributed by atoms with Crippen LogP contribution in [0.1, 0.15) is 56.6 Å². The third-order valence-corrected chi connectivity index (χ3v) is 5.84. The summed E-state index contributed by atoms with van der Waals surface area (Å²) < 4.78 is 0. The van der Waals surface area contributed by atoms with Crippen LogP contribution in [0.4, 0.5) is 0 Å². The Morgan fingerprint density at radius 2 is 2.00 bits per heavy atom. The zero-order chi connectivity index (χ0) is 14.7. The van der Waals surface area contributed by atoms with Crippen LogP contribution in [0.5, 0.6) is 0 Å². The van der Waals surface area contributed by atoms with Crippen molar-refractivity contribution in [2.45, 2.75) is 69.9 Å². The molecule has 2 atom stereocenters. The lowest BCUT2D eigenvalue weighted by molar-refractivity contribution is 0.0361. The van der Waals surface area contributed by atoms with E-state index < -0.39 is 0 Å². The van der Waals surface area contributed by atoms with Crippen LogP contribution in [0, 0.1) is 0 Å². The Morgan fingerprint density at radius 1 is 1.19 bits per heavy atom. The lowest BCUT2D eigenvalue weighted by Gasteiger charge is -2.49. The van der Waals surface area contributed by atoms with Crippen molar-refractivity contribution in [1.82, 2.24) is 4.90 Å². The maximum absolute atomic E-state index is 6.35. The second kappa shape index (κ2) is 6.50. The zero-order valence-corrected chi connectivity index (χ0v) is 13.5. The van der Waals surface area contributed by atoms with Crippen molar-refractivity contribution in [2.24, 2.45) is 5.73 Å². The van der Waals surface area contributed by atoms with E-state index in [9.17, 15) is 0 Å². The van der Waals surface area contributed by atoms with Crippen LogP contribution in [0.3, 0.4) is 0 Å². The second-order valence-electron chi connectivity index (χ2n) is 6.98. The van der Waals surface area contributed by atoms with Crippen molar-refractivity contribution in [2.75, 3.05) is 13.1 Å². The molecule has 2 N–H and O–H groups in total. The summed E-state index contributed by atoms with van der Waals surface area (Å²) in [6.45, 7) is 4.40. The Balaban J connectivity index is 1.89. The molecule has 0 radical (unpaired) electrons. The summed E-state index contributed by atoms with van der Waals surface area (Å²) in [5, 5.41) is 0. The summed E-state index contributed by atoms with van der Waals surface area (Å²) in [5.74, 6) is 0. The molecule has 2 unspecified atom stereocenters. The first-order chi connectivity index (χ1) is 10.3. The topological polar surface area (TPSA) is 29.3 Å². The molecule has 2 heteroatoms. The van der Waals surface area contributed by atoms with Gasteiger partial charge in [0.25, 0.3) is 0 Å². The third kappa shape index (κ3) is 2.89. The number of benzene rings is 1. The molecule has 1 heterocycles. The summed E-state index contributed by atoms with van der Waals surface area (Å²) in [5.41, 5.74) is 9.64. The largest absolute Gasteiger partial charge is 0.329 e. The monoisotopic (exact) mass is 286 g/mol. The molecule has 0 saturated carbocycles. The first-order valence-electron chi connectivity index (χ1n) is 8.83. The molecule has 3 rings (SSSR count). The van der Waals surface area contributed by atoms with E-state index in [2.05, 4.69) is 36.1 Å². The highest BCUT2D eigenvalue weighted by Gasteiger charge is 2.41. The van der Waals surface area contributed by atoms with Gasteiger partial charge in [-0.15, -0.1) is 0 Å². The van der Waals surface area contributed by atoms with Crippen LogP contribution in [0.25, 0.3) is 0 Å². The lowest BCUT2D eigenvalue weighted by Crippen LogP contribution is -2.60. The van der Waals surface area contributed by atoms with Crippen LogP contribution in [-0.4, -0.2) is 29.6 Å². The predicted molar refractivity (Wildman–Crippen MR) is 89.5 cm³/mol. The van der Waals surface area contributed by atoms with Crippen molar-refractivity contribution in [3.63, 3.8) is 0 Å². The smallest absolute Gasteiger partial charge is 0.0378 e. The number of nitrogens with zero attached hydrogens (tertiary/aromatic N) is 1. The van der Waals surface area contributed by atoms with E-state index >= 15 is 0 Å². The molecule has 2 aliphatic rings. The Labute approximate surface area is 129 Å². The van der Waals surface area contributed by atoms with Gasteiger partial charge in [0, 0.05) is 18.1 Å². The zero-order valence-electron chi connectivity index (χ0n) is 13.5. The van der Waals surface area contributed by atoms with Gasteiger partial charge in [0.05, 0.1) is 0 Å². The quantitative estimate of drug-likeness (QED) is 0.921. The van der Waals surface area contributed by atoms with Crippen molar-refractivity contribution < 1.29 is 0 Å². The van der Waals surface area contributed by atoms with Crippen LogP contribution in [-0.2, 0) is 12.8 Å². The molecule has 0 bridgehead atoms. The maximum atomic E-state index is 6.35. The lowest BCUT2D eigenvalue weighted by atomic mass is 9.75. The normalized spacial score (nSPS) is 30.7. The molecule has 2 nitrogen and oxygen atoms in total. The van der Waals surface area contributed by atoms with E-state index in [0.29, 0.717) is 0 Å². The van der Waals surface area contributed by atoms with E-state index in [0.717, 1.165) is 19.0 Å². The van der Waals surface area contributed by atoms with Crippen LogP contribution in [0.2, 0.25) is 0 Å². The SMILES string of the molecule is CCC1CCCCCN1C1(CN)CCc2ccccc2C1. The third-order valence-electron chi connectivity index (χ3n) is 5.84. The predicted octanol–water partition coefficient (Wildman–Crippen LogP) is 3.53. The highest BCUT2D eigenvalue weighted by Crippen LogP contribution is 2.36. The summed E-state index contributed by atoms with van der Waals surface area (Å²) in [6.07, 6.45) is 10.3. The van der Waals surface area contributed by atoms with Gasteiger partial charge in [-0.3, -0.25) is 4.90 Å². The fraction of sp³-hybridized carbons (Fsp3) is 0.684. The minimum Gasteiger partial charge on any atom is -0.329 e. The van der Waals surface area contributed by atoms with Gasteiger partial charge in [0.15, 0.2) is 0 Å². The molecular formula is C19H30N2. The highest BCUT2D eigenvalue weighted by atomic mass is 15.2. The molecule has 0 aromatic heterocycles. The fourth-order valence-corrected chi connectivity index (χ4v) is 4.55.